The van der Waals surface area contributed by atoms with E-state index in [2.05, 4.69) is 35.3 Å². The maximum atomic E-state index is 4.13. The van der Waals surface area contributed by atoms with Gasteiger partial charge in [0.15, 0.2) is 0 Å². The van der Waals surface area contributed by atoms with Crippen molar-refractivity contribution in [3.8, 4) is 0 Å². The molecular formula is C8H7Cl3N2Ti. The van der Waals surface area contributed by atoms with E-state index >= 15 is 0 Å². The summed E-state index contributed by atoms with van der Waals surface area (Å²) in [5, 5.41) is 8.36. The summed E-state index contributed by atoms with van der Waals surface area (Å²) in [6.45, 7) is 2.08. The Morgan fingerprint density at radius 2 is 1.86 bits per heavy atom. The summed E-state index contributed by atoms with van der Waals surface area (Å²) in [5.41, 5.74) is 2.41. The summed E-state index contributed by atoms with van der Waals surface area (Å²) in [4.78, 5) is 0. The molecule has 0 amide bonds. The van der Waals surface area contributed by atoms with Gasteiger partial charge in [-0.2, -0.15) is 0 Å². The van der Waals surface area contributed by atoms with Crippen LogP contribution in [-0.4, -0.2) is 10.2 Å². The monoisotopic (exact) mass is 284 g/mol. The number of fused-ring (bicyclic) bond motifs is 1. The van der Waals surface area contributed by atoms with E-state index in [1.807, 2.05) is 20.4 Å². The van der Waals surface area contributed by atoms with Crippen molar-refractivity contribution in [2.24, 2.45) is 0 Å². The average Bonchev–Trinajstić information content (AvgIpc) is 2.35. The summed E-state index contributed by atoms with van der Waals surface area (Å²) in [7, 11) is 0. The second-order valence-corrected chi connectivity index (χ2v) is 3.31. The maximum Gasteiger partial charge on any atom is -1.00 e. The first-order valence-corrected chi connectivity index (χ1v) is 4.22. The topological polar surface area (TPSA) is 28.7 Å². The van der Waals surface area contributed by atoms with Gasteiger partial charge >= 0.3 is 76.2 Å². The first-order chi connectivity index (χ1) is 5.29. The zero-order valence-electron chi connectivity index (χ0n) is 7.31. The molecule has 0 radical (unpaired) electrons. The summed E-state index contributed by atoms with van der Waals surface area (Å²) in [5.74, 6) is 0. The van der Waals surface area contributed by atoms with Crippen LogP contribution in [0.25, 0.3) is 10.9 Å². The van der Waals surface area contributed by atoms with Crippen molar-refractivity contribution in [2.75, 3.05) is 0 Å². The molecule has 0 saturated heterocycles. The van der Waals surface area contributed by atoms with E-state index in [-0.39, 0.29) is 37.2 Å². The van der Waals surface area contributed by atoms with E-state index in [1.54, 1.807) is 0 Å². The Kier molecular flexibility index (Phi) is 7.99. The SMILES string of the molecule is Cc1cccc2[c]([Ti+3])n[nH]c12.[Cl-].[Cl-].[Cl-]. The van der Waals surface area contributed by atoms with Crippen LogP contribution in [0, 0.1) is 6.92 Å². The van der Waals surface area contributed by atoms with Gasteiger partial charge in [0, 0.05) is 0 Å². The minimum absolute atomic E-state index is 0. The van der Waals surface area contributed by atoms with Gasteiger partial charge in [0.1, 0.15) is 0 Å². The van der Waals surface area contributed by atoms with Crippen LogP contribution in [0.4, 0.5) is 0 Å². The number of nitrogens with one attached hydrogen (secondary N) is 1. The molecule has 0 saturated carbocycles. The van der Waals surface area contributed by atoms with Crippen LogP contribution in [0.2, 0.25) is 0 Å². The molecule has 0 unspecified atom stereocenters. The minimum atomic E-state index is 0. The van der Waals surface area contributed by atoms with Gasteiger partial charge in [0.25, 0.3) is 0 Å². The van der Waals surface area contributed by atoms with E-state index in [0.717, 1.165) is 9.52 Å². The standard InChI is InChI=1S/C8H7N2.3ClH.Ti/c1-6-3-2-4-7-5-9-10-8(6)7;;;;/h2-4H,1H3,(H,9,10);3*1H;/q;;;;+3/p-3. The third-order valence-corrected chi connectivity index (χ3v) is 2.40. The second kappa shape index (κ2) is 6.70. The Morgan fingerprint density at radius 3 is 2.43 bits per heavy atom. The van der Waals surface area contributed by atoms with Crippen LogP contribution in [0.1, 0.15) is 5.56 Å². The summed E-state index contributed by atoms with van der Waals surface area (Å²) >= 11 is 2.01. The van der Waals surface area contributed by atoms with Crippen molar-refractivity contribution in [1.82, 2.24) is 10.2 Å². The molecule has 1 aromatic carbocycles. The number of halogens is 3. The van der Waals surface area contributed by atoms with Gasteiger partial charge in [-0.1, -0.05) is 0 Å². The maximum absolute atomic E-state index is 4.13. The third-order valence-electron chi connectivity index (χ3n) is 1.81. The van der Waals surface area contributed by atoms with Gasteiger partial charge in [0.05, 0.1) is 0 Å². The molecule has 1 N–H and O–H groups in total. The Hall–Kier alpha value is 0.274. The molecule has 0 aliphatic carbocycles. The molecule has 2 rings (SSSR count). The predicted octanol–water partition coefficient (Wildman–Crippen LogP) is -7.94. The van der Waals surface area contributed by atoms with Crippen LogP contribution in [-0.2, 0) is 20.4 Å². The quantitative estimate of drug-likeness (QED) is 0.479. The van der Waals surface area contributed by atoms with Crippen LogP contribution in [0.15, 0.2) is 18.2 Å². The van der Waals surface area contributed by atoms with Crippen molar-refractivity contribution < 1.29 is 57.7 Å². The molecule has 74 valence electrons. The third kappa shape index (κ3) is 2.88. The fourth-order valence-electron chi connectivity index (χ4n) is 1.19. The van der Waals surface area contributed by atoms with Crippen LogP contribution >= 0.6 is 0 Å². The largest absolute Gasteiger partial charge is 1.00 e. The Labute approximate surface area is 113 Å². The molecule has 6 heteroatoms. The number of hydrogen-bond donors (Lipinski definition) is 1. The number of hydrogen-bond acceptors (Lipinski definition) is 1. The number of aromatic nitrogens is 2. The number of para-hydroxylation sites is 1. The Balaban J connectivity index is 0. The molecule has 0 atom stereocenters. The zero-order chi connectivity index (χ0) is 7.84. The first kappa shape index (κ1) is 16.7. The molecular weight excluding hydrogens is 278 g/mol. The molecule has 14 heavy (non-hydrogen) atoms. The van der Waals surface area contributed by atoms with Crippen LogP contribution < -0.4 is 41.2 Å². The fraction of sp³-hybridized carbons (Fsp3) is 0.125. The second-order valence-electron chi connectivity index (χ2n) is 2.57. The van der Waals surface area contributed by atoms with Crippen LogP contribution in [0.5, 0.6) is 0 Å². The van der Waals surface area contributed by atoms with Crippen LogP contribution in [0.3, 0.4) is 0 Å². The zero-order valence-corrected chi connectivity index (χ0v) is 11.1. The fourth-order valence-corrected chi connectivity index (χ4v) is 1.60. The Morgan fingerprint density at radius 1 is 1.21 bits per heavy atom. The normalized spacial score (nSPS) is 8.50. The first-order valence-electron chi connectivity index (χ1n) is 3.44. The smallest absolute Gasteiger partial charge is 1.00 e. The van der Waals surface area contributed by atoms with Gasteiger partial charge < -0.3 is 37.2 Å². The molecule has 2 aromatic rings. The van der Waals surface area contributed by atoms with Gasteiger partial charge in [-0.15, -0.1) is 0 Å². The molecule has 0 aliphatic rings. The number of H-pyrrole nitrogens is 1. The molecule has 0 aliphatic heterocycles. The summed E-state index contributed by atoms with van der Waals surface area (Å²) < 4.78 is 1.07. The van der Waals surface area contributed by atoms with Crippen molar-refractivity contribution in [3.05, 3.63) is 23.8 Å². The van der Waals surface area contributed by atoms with E-state index in [1.165, 1.54) is 10.9 Å². The number of nitrogens with zero attached hydrogens (tertiary/aromatic N) is 1. The van der Waals surface area contributed by atoms with Crippen molar-refractivity contribution >= 4 is 14.9 Å². The number of benzene rings is 1. The Bertz CT molecular complexity index is 402. The van der Waals surface area contributed by atoms with E-state index in [9.17, 15) is 0 Å². The predicted molar refractivity (Wildman–Crippen MR) is 40.5 cm³/mol. The van der Waals surface area contributed by atoms with E-state index < -0.39 is 0 Å². The number of aryl methyl sites for hydroxylation is 1. The molecule has 1 heterocycles. The molecule has 0 fully saturated rings. The van der Waals surface area contributed by atoms with Gasteiger partial charge in [-0.05, 0) is 0 Å². The number of aromatic amines is 1. The minimum Gasteiger partial charge on any atom is -1.00 e. The molecule has 2 nitrogen and oxygen atoms in total. The van der Waals surface area contributed by atoms with Gasteiger partial charge in [-0.3, -0.25) is 0 Å². The van der Waals surface area contributed by atoms with Crippen molar-refractivity contribution in [2.45, 2.75) is 6.92 Å². The summed E-state index contributed by atoms with van der Waals surface area (Å²) in [6.07, 6.45) is 0. The van der Waals surface area contributed by atoms with Crippen molar-refractivity contribution in [3.63, 3.8) is 0 Å². The average molecular weight is 285 g/mol. The van der Waals surface area contributed by atoms with Gasteiger partial charge in [-0.25, -0.2) is 0 Å². The molecule has 0 spiro atoms. The molecule has 1 aromatic heterocycles. The summed E-state index contributed by atoms with van der Waals surface area (Å²) in [6, 6.07) is 6.22. The van der Waals surface area contributed by atoms with Crippen molar-refractivity contribution in [1.29, 1.82) is 0 Å². The van der Waals surface area contributed by atoms with Gasteiger partial charge in [0.2, 0.25) is 0 Å². The number of rotatable bonds is 0. The molecule has 0 bridgehead atoms. The van der Waals surface area contributed by atoms with E-state index in [0.29, 0.717) is 0 Å². The van der Waals surface area contributed by atoms with E-state index in [4.69, 9.17) is 0 Å².